The number of aromatic amines is 2. The third-order valence-electron chi connectivity index (χ3n) is 13.5. The van der Waals surface area contributed by atoms with Crippen molar-refractivity contribution in [3.63, 3.8) is 0 Å². The largest absolute Gasteiger partial charge is 0.453 e. The highest BCUT2D eigenvalue weighted by Crippen LogP contribution is 2.55. The molecular formula is C48H51ClN8O6. The monoisotopic (exact) mass is 870 g/mol. The van der Waals surface area contributed by atoms with Crippen molar-refractivity contribution < 1.29 is 28.7 Å². The number of rotatable bonds is 10. The Labute approximate surface area is 370 Å². The summed E-state index contributed by atoms with van der Waals surface area (Å²) < 4.78 is 9.71. The zero-order valence-corrected chi connectivity index (χ0v) is 36.7. The van der Waals surface area contributed by atoms with Crippen molar-refractivity contribution in [1.82, 2.24) is 40.4 Å². The number of carbonyl (C=O) groups is 4. The number of methoxy groups -OCH3 is 2. The molecule has 1 aliphatic carbocycles. The van der Waals surface area contributed by atoms with E-state index in [0.29, 0.717) is 28.8 Å². The number of aromatic nitrogens is 4. The van der Waals surface area contributed by atoms with Crippen molar-refractivity contribution >= 4 is 57.4 Å². The van der Waals surface area contributed by atoms with Crippen molar-refractivity contribution in [3.8, 4) is 22.4 Å². The van der Waals surface area contributed by atoms with Crippen LogP contribution in [-0.2, 0) is 24.6 Å². The Hall–Kier alpha value is -6.41. The molecule has 15 heteroatoms. The number of alkyl carbamates (subject to hydrolysis) is 2. The highest BCUT2D eigenvalue weighted by atomic mass is 35.5. The summed E-state index contributed by atoms with van der Waals surface area (Å²) in [7, 11) is 2.58. The number of hydrogen-bond acceptors (Lipinski definition) is 8. The summed E-state index contributed by atoms with van der Waals surface area (Å²) in [6.45, 7) is 6.44. The van der Waals surface area contributed by atoms with Gasteiger partial charge in [-0.3, -0.25) is 9.59 Å². The van der Waals surface area contributed by atoms with Gasteiger partial charge in [-0.1, -0.05) is 98.2 Å². The number of fused-ring (bicyclic) bond motifs is 5. The van der Waals surface area contributed by atoms with E-state index in [1.807, 2.05) is 72.2 Å². The van der Waals surface area contributed by atoms with Crippen LogP contribution in [0.25, 0.3) is 44.2 Å². The van der Waals surface area contributed by atoms with Gasteiger partial charge in [0.15, 0.2) is 5.15 Å². The van der Waals surface area contributed by atoms with Gasteiger partial charge >= 0.3 is 12.2 Å². The maximum absolute atomic E-state index is 14.6. The second kappa shape index (κ2) is 16.7. The van der Waals surface area contributed by atoms with E-state index in [2.05, 4.69) is 63.9 Å². The number of nitrogens with zero attached hydrogens (tertiary/aromatic N) is 4. The van der Waals surface area contributed by atoms with Crippen LogP contribution in [0.15, 0.2) is 84.9 Å². The van der Waals surface area contributed by atoms with E-state index in [-0.39, 0.29) is 35.7 Å². The number of ether oxygens (including phenoxy) is 2. The third kappa shape index (κ3) is 7.43. The molecule has 2 aromatic heterocycles. The summed E-state index contributed by atoms with van der Waals surface area (Å²) in [6.07, 6.45) is 2.94. The predicted octanol–water partition coefficient (Wildman–Crippen LogP) is 8.79. The Kier molecular flexibility index (Phi) is 11.1. The lowest BCUT2D eigenvalue weighted by atomic mass is 9.83. The van der Waals surface area contributed by atoms with E-state index in [1.165, 1.54) is 14.2 Å². The van der Waals surface area contributed by atoms with Gasteiger partial charge in [0.1, 0.15) is 29.3 Å². The number of piperidine rings is 1. The van der Waals surface area contributed by atoms with Crippen LogP contribution in [0.5, 0.6) is 0 Å². The molecule has 3 aliphatic rings. The van der Waals surface area contributed by atoms with Crippen molar-refractivity contribution in [3.05, 3.63) is 107 Å². The standard InChI is InChI=1S/C48H51ClN8O6/c1-26(2)37(53-46(60)62-4)43(58)56-23-9-12-36(56)42-50-35-22-18-31-24-30(17-21-34(31)40(35)51-42)27-13-15-29(16-14-27)38-41(49)55-45(52-38)48(3)32-19-20-33(25-32)57(48)44(59)39(54-47(61)63-5)28-10-7-6-8-11-28/h6-8,10-11,13-18,21-22,24,26,32-33,36-37,39H,9,12,19-20,23,25H2,1-5H3,(H,50,51)(H,52,55)(H,53,60)(H,54,61)/t32-,33+,36-,37-,39+,48?/m0/s1. The van der Waals surface area contributed by atoms with Gasteiger partial charge in [-0.05, 0) is 85.1 Å². The fraction of sp³-hybridized carbons (Fsp3) is 0.375. The lowest BCUT2D eigenvalue weighted by molar-refractivity contribution is -0.143. The van der Waals surface area contributed by atoms with Gasteiger partial charge < -0.3 is 39.9 Å². The fourth-order valence-corrected chi connectivity index (χ4v) is 10.5. The van der Waals surface area contributed by atoms with Gasteiger partial charge in [-0.25, -0.2) is 19.6 Å². The number of amides is 4. The first-order valence-electron chi connectivity index (χ1n) is 21.6. The molecule has 6 atom stereocenters. The Balaban J connectivity index is 0.958. The number of likely N-dealkylation sites (tertiary alicyclic amines) is 2. The molecule has 4 heterocycles. The van der Waals surface area contributed by atoms with Crippen LogP contribution in [0.3, 0.4) is 0 Å². The molecule has 4 N–H and O–H groups in total. The Bertz CT molecular complexity index is 2720. The quantitative estimate of drug-likeness (QED) is 0.106. The van der Waals surface area contributed by atoms with E-state index in [4.69, 9.17) is 31.0 Å². The van der Waals surface area contributed by atoms with Crippen LogP contribution < -0.4 is 10.6 Å². The molecule has 63 heavy (non-hydrogen) atoms. The summed E-state index contributed by atoms with van der Waals surface area (Å²) >= 11 is 6.92. The normalized spacial score (nSPS) is 21.5. The average molecular weight is 871 g/mol. The van der Waals surface area contributed by atoms with E-state index in [0.717, 1.165) is 76.4 Å². The van der Waals surface area contributed by atoms with E-state index < -0.39 is 29.8 Å². The molecule has 2 aliphatic heterocycles. The second-order valence-electron chi connectivity index (χ2n) is 17.4. The Morgan fingerprint density at radius 3 is 2.27 bits per heavy atom. The Morgan fingerprint density at radius 2 is 1.54 bits per heavy atom. The lowest BCUT2D eigenvalue weighted by Crippen LogP contribution is -2.55. The molecule has 2 saturated heterocycles. The van der Waals surface area contributed by atoms with Crippen molar-refractivity contribution in [2.75, 3.05) is 20.8 Å². The van der Waals surface area contributed by atoms with Gasteiger partial charge in [0.2, 0.25) is 5.91 Å². The van der Waals surface area contributed by atoms with Crippen molar-refractivity contribution in [2.45, 2.75) is 82.6 Å². The summed E-state index contributed by atoms with van der Waals surface area (Å²) in [5.41, 5.74) is 5.18. The molecule has 2 bridgehead atoms. The summed E-state index contributed by atoms with van der Waals surface area (Å²) in [5, 5.41) is 7.87. The van der Waals surface area contributed by atoms with Gasteiger partial charge in [0, 0.05) is 23.5 Å². The highest BCUT2D eigenvalue weighted by molar-refractivity contribution is 6.32. The maximum Gasteiger partial charge on any atom is 0.407 e. The summed E-state index contributed by atoms with van der Waals surface area (Å²) in [6, 6.07) is 25.9. The molecule has 3 fully saturated rings. The molecule has 0 spiro atoms. The van der Waals surface area contributed by atoms with Crippen molar-refractivity contribution in [2.24, 2.45) is 11.8 Å². The van der Waals surface area contributed by atoms with E-state index in [9.17, 15) is 19.2 Å². The second-order valence-corrected chi connectivity index (χ2v) is 17.8. The van der Waals surface area contributed by atoms with E-state index in [1.54, 1.807) is 0 Å². The van der Waals surface area contributed by atoms with Gasteiger partial charge in [-0.2, -0.15) is 0 Å². The molecule has 326 valence electrons. The summed E-state index contributed by atoms with van der Waals surface area (Å²) in [5.74, 6) is 1.01. The first kappa shape index (κ1) is 41.9. The number of carbonyl (C=O) groups excluding carboxylic acids is 4. The molecule has 1 saturated carbocycles. The minimum absolute atomic E-state index is 0.00712. The predicted molar refractivity (Wildman–Crippen MR) is 240 cm³/mol. The van der Waals surface area contributed by atoms with Crippen LogP contribution >= 0.6 is 11.6 Å². The zero-order chi connectivity index (χ0) is 44.2. The van der Waals surface area contributed by atoms with Crippen LogP contribution in [-0.4, -0.2) is 86.6 Å². The molecule has 4 aromatic carbocycles. The smallest absolute Gasteiger partial charge is 0.407 e. The van der Waals surface area contributed by atoms with Crippen molar-refractivity contribution in [1.29, 1.82) is 0 Å². The summed E-state index contributed by atoms with van der Waals surface area (Å²) in [4.78, 5) is 73.5. The van der Waals surface area contributed by atoms with Crippen LogP contribution in [0.4, 0.5) is 9.59 Å². The van der Waals surface area contributed by atoms with Crippen LogP contribution in [0.1, 0.15) is 82.2 Å². The maximum atomic E-state index is 14.6. The molecule has 1 unspecified atom stereocenters. The molecule has 14 nitrogen and oxygen atoms in total. The zero-order valence-electron chi connectivity index (χ0n) is 35.9. The van der Waals surface area contributed by atoms with Crippen LogP contribution in [0.2, 0.25) is 5.15 Å². The molecular weight excluding hydrogens is 820 g/mol. The Morgan fingerprint density at radius 1 is 0.825 bits per heavy atom. The topological polar surface area (TPSA) is 175 Å². The first-order valence-corrected chi connectivity index (χ1v) is 21.9. The number of imidazole rings is 2. The highest BCUT2D eigenvalue weighted by Gasteiger charge is 2.59. The first-order chi connectivity index (χ1) is 30.4. The van der Waals surface area contributed by atoms with Crippen LogP contribution in [0, 0.1) is 11.8 Å². The molecule has 9 rings (SSSR count). The molecule has 0 radical (unpaired) electrons. The number of hydrogen-bond donors (Lipinski definition) is 4. The minimum atomic E-state index is -0.935. The minimum Gasteiger partial charge on any atom is -0.453 e. The van der Waals surface area contributed by atoms with Gasteiger partial charge in [-0.15, -0.1) is 0 Å². The SMILES string of the molecule is COC(=O)N[C@H](C(=O)N1CCC[C@H]1c1nc2ccc3cc(-c4ccc(-c5[nH]c(C6(C)[C@H]7CC[C@H](C7)N6C(=O)[C@H](NC(=O)OC)c6ccccc6)nc5Cl)cc4)ccc3c2[nH]1)C(C)C. The average Bonchev–Trinajstić information content (AvgIpc) is 4.16. The number of benzene rings is 4. The van der Waals surface area contributed by atoms with E-state index >= 15 is 0 Å². The number of nitrogens with one attached hydrogen (secondary N) is 4. The fourth-order valence-electron chi connectivity index (χ4n) is 10.2. The van der Waals surface area contributed by atoms with Gasteiger partial charge in [0.25, 0.3) is 5.91 Å². The number of H-pyrrole nitrogens is 2. The van der Waals surface area contributed by atoms with Gasteiger partial charge in [0.05, 0.1) is 37.0 Å². The lowest BCUT2D eigenvalue weighted by Gasteiger charge is -2.44. The molecule has 4 amide bonds. The molecule has 6 aromatic rings. The number of halogens is 1. The third-order valence-corrected chi connectivity index (χ3v) is 13.8.